The second-order valence-corrected chi connectivity index (χ2v) is 12.9. The highest BCUT2D eigenvalue weighted by Gasteiger charge is 2.33. The van der Waals surface area contributed by atoms with Crippen LogP contribution >= 0.6 is 39.1 Å². The summed E-state index contributed by atoms with van der Waals surface area (Å²) in [7, 11) is -4.14. The van der Waals surface area contributed by atoms with Gasteiger partial charge in [0.15, 0.2) is 0 Å². The Labute approximate surface area is 254 Å². The fourth-order valence-corrected chi connectivity index (χ4v) is 6.23. The first-order valence-electron chi connectivity index (χ1n) is 12.8. The Bertz CT molecular complexity index is 1450. The number of hydrogen-bond acceptors (Lipinski definition) is 4. The number of anilines is 1. The molecular formula is C29H32BrCl2N3O4S. The Morgan fingerprint density at radius 1 is 0.975 bits per heavy atom. The summed E-state index contributed by atoms with van der Waals surface area (Å²) in [6, 6.07) is 17.3. The number of nitrogens with zero attached hydrogens (tertiary/aromatic N) is 2. The van der Waals surface area contributed by atoms with Crippen molar-refractivity contribution in [1.82, 2.24) is 10.2 Å². The molecular weight excluding hydrogens is 637 g/mol. The van der Waals surface area contributed by atoms with Crippen molar-refractivity contribution in [1.29, 1.82) is 0 Å². The van der Waals surface area contributed by atoms with Crippen molar-refractivity contribution in [3.05, 3.63) is 92.4 Å². The van der Waals surface area contributed by atoms with Crippen molar-refractivity contribution in [3.8, 4) is 0 Å². The van der Waals surface area contributed by atoms with Gasteiger partial charge in [0.05, 0.1) is 20.6 Å². The normalized spacial score (nSPS) is 12.1. The zero-order chi connectivity index (χ0) is 29.4. The summed E-state index contributed by atoms with van der Waals surface area (Å²) < 4.78 is 29.5. The molecule has 3 rings (SSSR count). The third-order valence-electron chi connectivity index (χ3n) is 6.26. The lowest BCUT2D eigenvalue weighted by Gasteiger charge is -2.33. The number of benzene rings is 3. The van der Waals surface area contributed by atoms with Gasteiger partial charge in [-0.3, -0.25) is 13.9 Å². The molecule has 0 aliphatic heterocycles. The van der Waals surface area contributed by atoms with Crippen molar-refractivity contribution in [2.24, 2.45) is 0 Å². The van der Waals surface area contributed by atoms with Gasteiger partial charge in [-0.1, -0.05) is 82.8 Å². The molecule has 0 spiro atoms. The molecule has 3 aromatic carbocycles. The van der Waals surface area contributed by atoms with E-state index in [-0.39, 0.29) is 17.3 Å². The molecule has 0 aliphatic rings. The Balaban J connectivity index is 2.06. The maximum atomic E-state index is 14.0. The Morgan fingerprint density at radius 3 is 2.27 bits per heavy atom. The summed E-state index contributed by atoms with van der Waals surface area (Å²) in [5.74, 6) is -0.853. The Morgan fingerprint density at radius 2 is 1.68 bits per heavy atom. The van der Waals surface area contributed by atoms with E-state index < -0.39 is 28.5 Å². The maximum absolute atomic E-state index is 14.0. The van der Waals surface area contributed by atoms with E-state index in [0.29, 0.717) is 38.7 Å². The van der Waals surface area contributed by atoms with Crippen molar-refractivity contribution < 1.29 is 18.0 Å². The molecule has 0 radical (unpaired) electrons. The average Bonchev–Trinajstić information content (AvgIpc) is 2.92. The van der Waals surface area contributed by atoms with Gasteiger partial charge in [-0.25, -0.2) is 8.42 Å². The summed E-state index contributed by atoms with van der Waals surface area (Å²) in [6.45, 7) is 5.57. The lowest BCUT2D eigenvalue weighted by atomic mass is 10.1. The fraction of sp³-hybridized carbons (Fsp3) is 0.310. The first kappa shape index (κ1) is 31.9. The van der Waals surface area contributed by atoms with Gasteiger partial charge in [-0.05, 0) is 67.8 Å². The maximum Gasteiger partial charge on any atom is 0.264 e. The zero-order valence-electron chi connectivity index (χ0n) is 22.5. The minimum Gasteiger partial charge on any atom is -0.354 e. The SMILES string of the molecule is CCCNC(=O)[C@@H](CC)N(Cc1ccc(Cl)c(Cl)c1)C(=O)CN(c1cccc(Br)c1)S(=O)(=O)c1ccc(C)cc1. The minimum atomic E-state index is -4.14. The van der Waals surface area contributed by atoms with E-state index in [9.17, 15) is 18.0 Å². The predicted octanol–water partition coefficient (Wildman–Crippen LogP) is 6.59. The second-order valence-electron chi connectivity index (χ2n) is 9.29. The van der Waals surface area contributed by atoms with Gasteiger partial charge in [-0.2, -0.15) is 0 Å². The monoisotopic (exact) mass is 667 g/mol. The number of halogens is 3. The molecule has 0 saturated heterocycles. The van der Waals surface area contributed by atoms with E-state index in [1.54, 1.807) is 61.5 Å². The highest BCUT2D eigenvalue weighted by atomic mass is 79.9. The van der Waals surface area contributed by atoms with Gasteiger partial charge in [-0.15, -0.1) is 0 Å². The molecule has 0 aromatic heterocycles. The van der Waals surface area contributed by atoms with Crippen LogP contribution in [0.2, 0.25) is 10.0 Å². The first-order valence-corrected chi connectivity index (χ1v) is 15.8. The second kappa shape index (κ2) is 14.3. The molecule has 0 aliphatic carbocycles. The fourth-order valence-electron chi connectivity index (χ4n) is 4.12. The molecule has 1 N–H and O–H groups in total. The molecule has 214 valence electrons. The summed E-state index contributed by atoms with van der Waals surface area (Å²) in [4.78, 5) is 28.7. The first-order chi connectivity index (χ1) is 19.0. The highest BCUT2D eigenvalue weighted by Crippen LogP contribution is 2.28. The van der Waals surface area contributed by atoms with Crippen LogP contribution in [0, 0.1) is 6.92 Å². The van der Waals surface area contributed by atoms with Crippen LogP contribution in [0.4, 0.5) is 5.69 Å². The topological polar surface area (TPSA) is 86.8 Å². The number of carbonyl (C=O) groups is 2. The molecule has 0 heterocycles. The van der Waals surface area contributed by atoms with Gasteiger partial charge in [0.25, 0.3) is 10.0 Å². The highest BCUT2D eigenvalue weighted by molar-refractivity contribution is 9.10. The molecule has 7 nitrogen and oxygen atoms in total. The molecule has 11 heteroatoms. The third kappa shape index (κ3) is 8.00. The van der Waals surface area contributed by atoms with Crippen LogP contribution in [0.1, 0.15) is 37.8 Å². The van der Waals surface area contributed by atoms with E-state index in [0.717, 1.165) is 16.3 Å². The van der Waals surface area contributed by atoms with Crippen molar-refractivity contribution in [3.63, 3.8) is 0 Å². The van der Waals surface area contributed by atoms with Crippen LogP contribution in [-0.2, 0) is 26.2 Å². The van der Waals surface area contributed by atoms with Gasteiger partial charge < -0.3 is 10.2 Å². The summed E-state index contributed by atoms with van der Waals surface area (Å²) in [5, 5.41) is 3.54. The smallest absolute Gasteiger partial charge is 0.264 e. The summed E-state index contributed by atoms with van der Waals surface area (Å²) >= 11 is 15.7. The van der Waals surface area contributed by atoms with Crippen molar-refractivity contribution in [2.45, 2.75) is 51.1 Å². The molecule has 0 bridgehead atoms. The number of nitrogens with one attached hydrogen (secondary N) is 1. The van der Waals surface area contributed by atoms with E-state index in [1.807, 2.05) is 13.8 Å². The quantitative estimate of drug-likeness (QED) is 0.236. The van der Waals surface area contributed by atoms with Gasteiger partial charge in [0, 0.05) is 17.6 Å². The van der Waals surface area contributed by atoms with Crippen LogP contribution in [0.3, 0.4) is 0 Å². The minimum absolute atomic E-state index is 0.0324. The number of rotatable bonds is 12. The number of sulfonamides is 1. The van der Waals surface area contributed by atoms with E-state index in [4.69, 9.17) is 23.2 Å². The number of carbonyl (C=O) groups excluding carboxylic acids is 2. The molecule has 40 heavy (non-hydrogen) atoms. The zero-order valence-corrected chi connectivity index (χ0v) is 26.4. The predicted molar refractivity (Wildman–Crippen MR) is 164 cm³/mol. The molecule has 1 atom stereocenters. The lowest BCUT2D eigenvalue weighted by Crippen LogP contribution is -2.52. The van der Waals surface area contributed by atoms with E-state index in [2.05, 4.69) is 21.2 Å². The Hall–Kier alpha value is -2.59. The third-order valence-corrected chi connectivity index (χ3v) is 9.28. The van der Waals surface area contributed by atoms with E-state index in [1.165, 1.54) is 17.0 Å². The van der Waals surface area contributed by atoms with Gasteiger partial charge in [0.2, 0.25) is 11.8 Å². The van der Waals surface area contributed by atoms with Gasteiger partial charge >= 0.3 is 0 Å². The van der Waals surface area contributed by atoms with Crippen LogP contribution < -0.4 is 9.62 Å². The summed E-state index contributed by atoms with van der Waals surface area (Å²) in [6.07, 6.45) is 1.05. The largest absolute Gasteiger partial charge is 0.354 e. The van der Waals surface area contributed by atoms with Crippen molar-refractivity contribution in [2.75, 3.05) is 17.4 Å². The van der Waals surface area contributed by atoms with Crippen LogP contribution in [0.5, 0.6) is 0 Å². The molecule has 0 saturated carbocycles. The number of hydrogen-bond donors (Lipinski definition) is 1. The lowest BCUT2D eigenvalue weighted by molar-refractivity contribution is -0.140. The molecule has 3 aromatic rings. The Kier molecular flexibility index (Phi) is 11.5. The average molecular weight is 669 g/mol. The number of amides is 2. The molecule has 2 amide bonds. The molecule has 0 unspecified atom stereocenters. The van der Waals surface area contributed by atoms with Crippen molar-refractivity contribution >= 4 is 66.7 Å². The summed E-state index contributed by atoms with van der Waals surface area (Å²) in [5.41, 5.74) is 1.86. The standard InChI is InChI=1S/C29H32BrCl2N3O4S/c1-4-15-33-29(37)27(5-2)34(18-21-11-14-25(31)26(32)16-21)28(36)19-35(23-8-6-7-22(30)17-23)40(38,39)24-12-9-20(3)10-13-24/h6-14,16-17,27H,4-5,15,18-19H2,1-3H3,(H,33,37)/t27-/m1/s1. The van der Waals surface area contributed by atoms with Gasteiger partial charge in [0.1, 0.15) is 12.6 Å². The number of aryl methyl sites for hydroxylation is 1. The van der Waals surface area contributed by atoms with Crippen LogP contribution in [0.25, 0.3) is 0 Å². The molecule has 0 fully saturated rings. The van der Waals surface area contributed by atoms with Crippen LogP contribution in [-0.4, -0.2) is 44.3 Å². The van der Waals surface area contributed by atoms with Crippen LogP contribution in [0.15, 0.2) is 76.1 Å². The van der Waals surface area contributed by atoms with E-state index >= 15 is 0 Å².